The van der Waals surface area contributed by atoms with E-state index in [1.54, 1.807) is 6.92 Å². The van der Waals surface area contributed by atoms with E-state index in [0.29, 0.717) is 11.3 Å². The minimum atomic E-state index is -0.0420. The third-order valence-electron chi connectivity index (χ3n) is 4.79. The summed E-state index contributed by atoms with van der Waals surface area (Å²) in [5, 5.41) is 0. The molecule has 4 nitrogen and oxygen atoms in total. The number of carbonyl (C=O) groups is 2. The van der Waals surface area contributed by atoms with E-state index in [4.69, 9.17) is 0 Å². The van der Waals surface area contributed by atoms with Gasteiger partial charge >= 0.3 is 0 Å². The number of quaternary nitrogens is 1. The lowest BCUT2D eigenvalue weighted by molar-refractivity contribution is -0.912. The molecule has 1 aromatic rings. The molecule has 0 aromatic carbocycles. The standard InChI is InChI=1S/C17H26N2O2/c1-11-15(14(4)20)12(2)18-16(11)17(21)13(3)19-9-7-5-6-8-10-19/h13,18H,5-10H2,1-4H3/p+1/t13-/m0/s1. The second-order valence-electron chi connectivity index (χ2n) is 6.34. The zero-order valence-electron chi connectivity index (χ0n) is 13.6. The molecule has 1 aliphatic rings. The second-order valence-corrected chi connectivity index (χ2v) is 6.34. The van der Waals surface area contributed by atoms with Crippen LogP contribution in [0.5, 0.6) is 0 Å². The van der Waals surface area contributed by atoms with E-state index in [1.807, 2.05) is 20.8 Å². The van der Waals surface area contributed by atoms with Crippen LogP contribution < -0.4 is 4.90 Å². The second kappa shape index (κ2) is 6.56. The highest BCUT2D eigenvalue weighted by Crippen LogP contribution is 2.19. The van der Waals surface area contributed by atoms with Crippen molar-refractivity contribution in [2.45, 2.75) is 59.4 Å². The van der Waals surface area contributed by atoms with Gasteiger partial charge in [-0.2, -0.15) is 0 Å². The van der Waals surface area contributed by atoms with Gasteiger partial charge in [-0.05, 0) is 58.9 Å². The molecule has 1 aromatic heterocycles. The maximum atomic E-state index is 12.8. The number of H-pyrrole nitrogens is 1. The molecule has 2 N–H and O–H groups in total. The molecule has 0 amide bonds. The predicted molar refractivity (Wildman–Crippen MR) is 83.2 cm³/mol. The van der Waals surface area contributed by atoms with E-state index in [-0.39, 0.29) is 17.6 Å². The fourth-order valence-corrected chi connectivity index (χ4v) is 3.54. The third kappa shape index (κ3) is 3.26. The van der Waals surface area contributed by atoms with E-state index in [9.17, 15) is 9.59 Å². The molecule has 1 fully saturated rings. The number of likely N-dealkylation sites (tertiary alicyclic amines) is 1. The Hall–Kier alpha value is -1.42. The highest BCUT2D eigenvalue weighted by atomic mass is 16.1. The van der Waals surface area contributed by atoms with Crippen molar-refractivity contribution in [3.05, 3.63) is 22.5 Å². The zero-order chi connectivity index (χ0) is 15.6. The van der Waals surface area contributed by atoms with Crippen LogP contribution >= 0.6 is 0 Å². The first-order valence-corrected chi connectivity index (χ1v) is 8.02. The fourth-order valence-electron chi connectivity index (χ4n) is 3.54. The van der Waals surface area contributed by atoms with Gasteiger partial charge in [-0.3, -0.25) is 9.59 Å². The predicted octanol–water partition coefficient (Wildman–Crippen LogP) is 1.86. The van der Waals surface area contributed by atoms with Crippen LogP contribution in [-0.2, 0) is 0 Å². The van der Waals surface area contributed by atoms with Crippen LogP contribution in [0.3, 0.4) is 0 Å². The molecular formula is C17H27N2O2+. The van der Waals surface area contributed by atoms with E-state index < -0.39 is 0 Å². The first kappa shape index (κ1) is 16.0. The van der Waals surface area contributed by atoms with Crippen molar-refractivity contribution in [3.63, 3.8) is 0 Å². The molecule has 0 aliphatic carbocycles. The average Bonchev–Trinajstić information content (AvgIpc) is 2.63. The Morgan fingerprint density at radius 3 is 2.14 bits per heavy atom. The number of nitrogens with one attached hydrogen (secondary N) is 2. The topological polar surface area (TPSA) is 54.4 Å². The van der Waals surface area contributed by atoms with Gasteiger partial charge in [0.1, 0.15) is 6.04 Å². The number of aromatic nitrogens is 1. The summed E-state index contributed by atoms with van der Waals surface area (Å²) >= 11 is 0. The van der Waals surface area contributed by atoms with Gasteiger partial charge in [0.15, 0.2) is 5.78 Å². The fraction of sp³-hybridized carbons (Fsp3) is 0.647. The number of Topliss-reactive ketones (excluding diaryl/α,β-unsaturated/α-hetero) is 2. The Balaban J connectivity index is 2.23. The summed E-state index contributed by atoms with van der Waals surface area (Å²) in [5.41, 5.74) is 2.92. The minimum absolute atomic E-state index is 0.0232. The van der Waals surface area contributed by atoms with Crippen LogP contribution in [0.2, 0.25) is 0 Å². The Kier molecular flexibility index (Phi) is 4.99. The number of aromatic amines is 1. The summed E-state index contributed by atoms with van der Waals surface area (Å²) in [7, 11) is 0. The van der Waals surface area contributed by atoms with Crippen LogP contribution in [0.4, 0.5) is 0 Å². The molecule has 0 radical (unpaired) electrons. The third-order valence-corrected chi connectivity index (χ3v) is 4.79. The first-order chi connectivity index (χ1) is 9.93. The lowest BCUT2D eigenvalue weighted by atomic mass is 10.0. The average molecular weight is 291 g/mol. The Morgan fingerprint density at radius 2 is 1.67 bits per heavy atom. The molecule has 0 bridgehead atoms. The summed E-state index contributed by atoms with van der Waals surface area (Å²) in [4.78, 5) is 29.0. The summed E-state index contributed by atoms with van der Waals surface area (Å²) in [6.07, 6.45) is 4.96. The SMILES string of the molecule is CC(=O)c1c(C)[nH]c(C(=O)[C@H](C)[NH+]2CCCCCC2)c1C. The zero-order valence-corrected chi connectivity index (χ0v) is 13.6. The molecule has 1 atom stereocenters. The number of aryl methyl sites for hydroxylation is 1. The molecule has 0 unspecified atom stereocenters. The van der Waals surface area contributed by atoms with Crippen LogP contribution in [0.25, 0.3) is 0 Å². The van der Waals surface area contributed by atoms with Gasteiger partial charge in [-0.1, -0.05) is 0 Å². The number of carbonyl (C=O) groups excluding carboxylic acids is 2. The molecule has 0 spiro atoms. The van der Waals surface area contributed by atoms with Gasteiger partial charge in [0, 0.05) is 11.3 Å². The quantitative estimate of drug-likeness (QED) is 0.832. The summed E-state index contributed by atoms with van der Waals surface area (Å²) < 4.78 is 0. The molecule has 2 rings (SSSR count). The highest BCUT2D eigenvalue weighted by Gasteiger charge is 2.30. The van der Waals surface area contributed by atoms with Crippen LogP contribution in [0, 0.1) is 13.8 Å². The van der Waals surface area contributed by atoms with E-state index in [2.05, 4.69) is 4.98 Å². The van der Waals surface area contributed by atoms with Gasteiger partial charge < -0.3 is 9.88 Å². The summed E-state index contributed by atoms with van der Waals surface area (Å²) in [5.74, 6) is 0.162. The highest BCUT2D eigenvalue weighted by molar-refractivity contribution is 6.04. The molecular weight excluding hydrogens is 264 g/mol. The molecule has 116 valence electrons. The Labute approximate surface area is 126 Å². The van der Waals surface area contributed by atoms with E-state index >= 15 is 0 Å². The van der Waals surface area contributed by atoms with Crippen molar-refractivity contribution < 1.29 is 14.5 Å². The molecule has 2 heterocycles. The van der Waals surface area contributed by atoms with E-state index in [1.165, 1.54) is 30.6 Å². The number of rotatable bonds is 4. The monoisotopic (exact) mass is 291 g/mol. The van der Waals surface area contributed by atoms with Crippen molar-refractivity contribution in [2.75, 3.05) is 13.1 Å². The lowest BCUT2D eigenvalue weighted by Gasteiger charge is -2.23. The first-order valence-electron chi connectivity index (χ1n) is 8.02. The smallest absolute Gasteiger partial charge is 0.235 e. The molecule has 4 heteroatoms. The molecule has 1 aliphatic heterocycles. The van der Waals surface area contributed by atoms with Crippen molar-refractivity contribution >= 4 is 11.6 Å². The van der Waals surface area contributed by atoms with Gasteiger partial charge in [0.25, 0.3) is 0 Å². The maximum Gasteiger partial charge on any atom is 0.235 e. The van der Waals surface area contributed by atoms with E-state index in [0.717, 1.165) is 24.3 Å². The van der Waals surface area contributed by atoms with Gasteiger partial charge in [0.2, 0.25) is 5.78 Å². The number of hydrogen-bond donors (Lipinski definition) is 2. The molecule has 21 heavy (non-hydrogen) atoms. The van der Waals surface area contributed by atoms with Crippen molar-refractivity contribution in [1.29, 1.82) is 0 Å². The Bertz CT molecular complexity index is 537. The van der Waals surface area contributed by atoms with Gasteiger partial charge in [0.05, 0.1) is 18.8 Å². The largest absolute Gasteiger partial charge is 0.355 e. The maximum absolute atomic E-state index is 12.8. The molecule has 0 saturated carbocycles. The molecule has 1 saturated heterocycles. The number of hydrogen-bond acceptors (Lipinski definition) is 2. The van der Waals surface area contributed by atoms with Gasteiger partial charge in [-0.15, -0.1) is 0 Å². The van der Waals surface area contributed by atoms with Crippen molar-refractivity contribution in [2.24, 2.45) is 0 Å². The summed E-state index contributed by atoms with van der Waals surface area (Å²) in [6, 6.07) is -0.0420. The van der Waals surface area contributed by atoms with Crippen molar-refractivity contribution in [1.82, 2.24) is 4.98 Å². The minimum Gasteiger partial charge on any atom is -0.355 e. The normalized spacial score (nSPS) is 18.3. The van der Waals surface area contributed by atoms with Crippen LogP contribution in [0.1, 0.15) is 71.6 Å². The van der Waals surface area contributed by atoms with Crippen LogP contribution in [0.15, 0.2) is 0 Å². The van der Waals surface area contributed by atoms with Gasteiger partial charge in [-0.25, -0.2) is 0 Å². The lowest BCUT2D eigenvalue weighted by Crippen LogP contribution is -3.16. The number of ketones is 2. The Morgan fingerprint density at radius 1 is 1.10 bits per heavy atom. The van der Waals surface area contributed by atoms with Crippen molar-refractivity contribution in [3.8, 4) is 0 Å². The van der Waals surface area contributed by atoms with Crippen LogP contribution in [-0.4, -0.2) is 35.7 Å². The summed E-state index contributed by atoms with van der Waals surface area (Å²) in [6.45, 7) is 9.46.